The number of amidine groups is 1. The first kappa shape index (κ1) is 23.5. The molecule has 176 valence electrons. The molecule has 2 aromatic heterocycles. The number of thiophene rings is 1. The van der Waals surface area contributed by atoms with E-state index >= 15 is 0 Å². The highest BCUT2D eigenvalue weighted by atomic mass is 32.1. The molecule has 0 spiro atoms. The molecule has 0 aliphatic heterocycles. The van der Waals surface area contributed by atoms with Crippen LogP contribution in [0.25, 0.3) is 21.0 Å². The molecule has 0 saturated carbocycles. The van der Waals surface area contributed by atoms with Crippen molar-refractivity contribution in [3.8, 4) is 0 Å². The van der Waals surface area contributed by atoms with E-state index in [1.807, 2.05) is 35.7 Å². The van der Waals surface area contributed by atoms with E-state index in [0.717, 1.165) is 21.0 Å². The lowest BCUT2D eigenvalue weighted by molar-refractivity contribution is -0.114. The molecule has 0 aliphatic carbocycles. The van der Waals surface area contributed by atoms with Crippen LogP contribution in [0.1, 0.15) is 22.8 Å². The Labute approximate surface area is 204 Å². The molecule has 2 aromatic carbocycles. The van der Waals surface area contributed by atoms with Crippen molar-refractivity contribution in [3.05, 3.63) is 76.8 Å². The number of nitrogens with two attached hydrogens (primary N) is 3. The van der Waals surface area contributed by atoms with E-state index in [9.17, 15) is 9.59 Å². The average Bonchev–Trinajstić information content (AvgIpc) is 3.33. The number of carbonyl (C=O) groups is 2. The van der Waals surface area contributed by atoms with Gasteiger partial charge >= 0.3 is 5.84 Å². The average molecular weight is 488 g/mol. The molecule has 4 aromatic rings. The van der Waals surface area contributed by atoms with Crippen LogP contribution >= 0.6 is 11.3 Å². The molecule has 2 heterocycles. The van der Waals surface area contributed by atoms with E-state index in [1.165, 1.54) is 13.0 Å². The second-order valence-electron chi connectivity index (χ2n) is 7.67. The summed E-state index contributed by atoms with van der Waals surface area (Å²) in [7, 11) is 0. The number of aromatic nitrogens is 1. The number of amides is 1. The number of rotatable bonds is 7. The van der Waals surface area contributed by atoms with E-state index < -0.39 is 0 Å². The van der Waals surface area contributed by atoms with Crippen molar-refractivity contribution in [1.29, 1.82) is 0 Å². The molecule has 10 nitrogen and oxygen atoms in total. The van der Waals surface area contributed by atoms with Crippen molar-refractivity contribution in [3.63, 3.8) is 0 Å². The van der Waals surface area contributed by atoms with Crippen molar-refractivity contribution < 1.29 is 15.0 Å². The Balaban J connectivity index is 1.63. The lowest BCUT2D eigenvalue weighted by Crippen LogP contribution is -2.38. The Hall–Kier alpha value is -4.64. The summed E-state index contributed by atoms with van der Waals surface area (Å²) < 4.78 is 1.06. The monoisotopic (exact) mass is 487 g/mol. The Morgan fingerprint density at radius 1 is 1.14 bits per heavy atom. The van der Waals surface area contributed by atoms with Crippen LogP contribution in [0.15, 0.2) is 76.0 Å². The van der Waals surface area contributed by atoms with Gasteiger partial charge in [0.05, 0.1) is 22.7 Å². The number of ketones is 1. The number of carbonyl (C=O) groups excluding carboxylic acids is 2. The molecular formula is C24H23N8O2S+. The molecule has 0 radical (unpaired) electrons. The zero-order valence-electron chi connectivity index (χ0n) is 18.8. The number of fused-ring (bicyclic) bond motifs is 3. The Morgan fingerprint density at radius 3 is 2.74 bits per heavy atom. The van der Waals surface area contributed by atoms with Crippen LogP contribution in [0.5, 0.6) is 0 Å². The van der Waals surface area contributed by atoms with Gasteiger partial charge in [0.25, 0.3) is 5.91 Å². The normalized spacial score (nSPS) is 11.7. The fourth-order valence-electron chi connectivity index (χ4n) is 3.55. The molecule has 0 bridgehead atoms. The first-order valence-electron chi connectivity index (χ1n) is 10.5. The van der Waals surface area contributed by atoms with Gasteiger partial charge in [-0.1, -0.05) is 12.1 Å². The fraction of sp³-hybridized carbons (Fsp3) is 0.0833. The van der Waals surface area contributed by atoms with E-state index in [4.69, 9.17) is 22.0 Å². The summed E-state index contributed by atoms with van der Waals surface area (Å²) in [5.41, 5.74) is 8.52. The molecule has 4 rings (SSSR count). The molecule has 8 N–H and O–H groups in total. The van der Waals surface area contributed by atoms with Crippen molar-refractivity contribution >= 4 is 61.4 Å². The van der Waals surface area contributed by atoms with Crippen molar-refractivity contribution in [2.75, 3.05) is 11.9 Å². The number of benzene rings is 2. The third kappa shape index (κ3) is 5.31. The SMILES string of the molecule is CC(=O)C=C(N)CNC(=O)c1cccc(Nc2nc3cc(C(=[NH2+])N=NN)ccc3c3sccc23)c1. The van der Waals surface area contributed by atoms with Crippen LogP contribution in [-0.4, -0.2) is 29.1 Å². The predicted molar refractivity (Wildman–Crippen MR) is 137 cm³/mol. The van der Waals surface area contributed by atoms with E-state index in [1.54, 1.807) is 29.5 Å². The van der Waals surface area contributed by atoms with Crippen molar-refractivity contribution in [2.45, 2.75) is 6.92 Å². The molecule has 11 heteroatoms. The fourth-order valence-corrected chi connectivity index (χ4v) is 4.48. The summed E-state index contributed by atoms with van der Waals surface area (Å²) in [5, 5.41) is 22.8. The van der Waals surface area contributed by atoms with Gasteiger partial charge in [-0.25, -0.2) is 4.98 Å². The lowest BCUT2D eigenvalue weighted by atomic mass is 10.1. The Bertz CT molecular complexity index is 1520. The quantitative estimate of drug-likeness (QED) is 0.0667. The second kappa shape index (κ2) is 10.1. The molecule has 0 atom stereocenters. The number of hydrogen-bond donors (Lipinski definition) is 5. The zero-order chi connectivity index (χ0) is 24.9. The largest absolute Gasteiger partial charge is 0.400 e. The lowest BCUT2D eigenvalue weighted by Gasteiger charge is -2.11. The third-order valence-corrected chi connectivity index (χ3v) is 6.03. The van der Waals surface area contributed by atoms with Crippen molar-refractivity contribution in [2.24, 2.45) is 21.9 Å². The minimum absolute atomic E-state index is 0.0734. The van der Waals surface area contributed by atoms with Gasteiger partial charge in [-0.05, 0) is 48.7 Å². The van der Waals surface area contributed by atoms with Crippen molar-refractivity contribution in [1.82, 2.24) is 10.3 Å². The van der Waals surface area contributed by atoms with Gasteiger partial charge in [0.15, 0.2) is 5.78 Å². The summed E-state index contributed by atoms with van der Waals surface area (Å²) in [6.45, 7) is 1.47. The minimum Gasteiger partial charge on any atom is -0.400 e. The number of anilines is 2. The molecule has 35 heavy (non-hydrogen) atoms. The Kier molecular flexibility index (Phi) is 6.78. The van der Waals surface area contributed by atoms with Crippen LogP contribution in [0.4, 0.5) is 11.5 Å². The van der Waals surface area contributed by atoms with Crippen LogP contribution < -0.4 is 27.6 Å². The summed E-state index contributed by atoms with van der Waals surface area (Å²) in [6.07, 6.45) is 1.28. The predicted octanol–water partition coefficient (Wildman–Crippen LogP) is 2.19. The highest BCUT2D eigenvalue weighted by Crippen LogP contribution is 2.35. The molecule has 0 saturated heterocycles. The van der Waals surface area contributed by atoms with Gasteiger partial charge in [-0.15, -0.1) is 11.3 Å². The topological polar surface area (TPSA) is 173 Å². The zero-order valence-corrected chi connectivity index (χ0v) is 19.6. The molecule has 0 unspecified atom stereocenters. The maximum absolute atomic E-state index is 12.6. The maximum atomic E-state index is 12.6. The smallest absolute Gasteiger partial charge is 0.350 e. The third-order valence-electron chi connectivity index (χ3n) is 5.09. The van der Waals surface area contributed by atoms with Crippen LogP contribution in [0.3, 0.4) is 0 Å². The van der Waals surface area contributed by atoms with Gasteiger partial charge in [0, 0.05) is 43.7 Å². The highest BCUT2D eigenvalue weighted by molar-refractivity contribution is 7.18. The molecule has 1 amide bonds. The molecule has 0 fully saturated rings. The van der Waals surface area contributed by atoms with Crippen LogP contribution in [-0.2, 0) is 4.79 Å². The molecular weight excluding hydrogens is 464 g/mol. The maximum Gasteiger partial charge on any atom is 0.350 e. The summed E-state index contributed by atoms with van der Waals surface area (Å²) in [4.78, 5) is 28.5. The summed E-state index contributed by atoms with van der Waals surface area (Å²) in [6, 6.07) is 14.6. The van der Waals surface area contributed by atoms with E-state index in [0.29, 0.717) is 22.6 Å². The number of pyridine rings is 1. The van der Waals surface area contributed by atoms with Gasteiger partial charge in [-0.2, -0.15) is 0 Å². The first-order valence-corrected chi connectivity index (χ1v) is 11.4. The summed E-state index contributed by atoms with van der Waals surface area (Å²) >= 11 is 1.60. The standard InChI is InChI=1S/C24H22N8O2S/c1-13(33)9-16(25)12-28-24(34)15-3-2-4-17(10-15)29-23-19-7-8-35-21(19)18-6-5-14(11-20(18)30-23)22(26)31-32-27/h2-11H,12,25H2,1H3,(H,28,34)(H,29,30)(H3,26,27,31)/p+1. The second-order valence-corrected chi connectivity index (χ2v) is 8.59. The van der Waals surface area contributed by atoms with Gasteiger partial charge < -0.3 is 16.4 Å². The highest BCUT2D eigenvalue weighted by Gasteiger charge is 2.15. The minimum atomic E-state index is -0.314. The molecule has 0 aliphatic rings. The van der Waals surface area contributed by atoms with Crippen LogP contribution in [0.2, 0.25) is 0 Å². The van der Waals surface area contributed by atoms with Gasteiger partial charge in [0.1, 0.15) is 5.82 Å². The first-order chi connectivity index (χ1) is 16.9. The van der Waals surface area contributed by atoms with Gasteiger partial charge in [0.2, 0.25) is 0 Å². The van der Waals surface area contributed by atoms with E-state index in [-0.39, 0.29) is 29.8 Å². The number of nitrogens with one attached hydrogen (secondary N) is 2. The van der Waals surface area contributed by atoms with Gasteiger partial charge in [-0.3, -0.25) is 20.8 Å². The number of allylic oxidation sites excluding steroid dienone is 1. The number of nitrogens with zero attached hydrogens (tertiary/aromatic N) is 3. The van der Waals surface area contributed by atoms with E-state index in [2.05, 4.69) is 21.0 Å². The number of hydrogen-bond acceptors (Lipinski definition) is 7. The van der Waals surface area contributed by atoms with Crippen LogP contribution in [0, 0.1) is 0 Å². The summed E-state index contributed by atoms with van der Waals surface area (Å²) in [5.74, 6) is 5.45. The Morgan fingerprint density at radius 2 is 1.97 bits per heavy atom.